The Kier molecular flexibility index (Phi) is 4.43. The lowest BCUT2D eigenvalue weighted by Crippen LogP contribution is -2.02. The highest BCUT2D eigenvalue weighted by atomic mass is 35.5. The van der Waals surface area contributed by atoms with Crippen LogP contribution in [0.4, 0.5) is 5.69 Å². The van der Waals surface area contributed by atoms with Crippen LogP contribution < -0.4 is 5.32 Å². The van der Waals surface area contributed by atoms with Gasteiger partial charge in [-0.1, -0.05) is 52.5 Å². The van der Waals surface area contributed by atoms with Crippen LogP contribution in [0.5, 0.6) is 0 Å². The average molecular weight is 379 g/mol. The number of halogens is 4. The normalized spacial score (nSPS) is 11.0. The molecule has 0 saturated carbocycles. The van der Waals surface area contributed by atoms with Gasteiger partial charge in [0.2, 0.25) is 0 Å². The SMILES string of the molecule is Clc1cccc(Cl)c1CNc1c(Cl)cc(Cl)c2nsnc12. The molecule has 3 nitrogen and oxygen atoms in total. The van der Waals surface area contributed by atoms with Gasteiger partial charge in [0.15, 0.2) is 0 Å². The number of benzene rings is 2. The Morgan fingerprint density at radius 2 is 1.57 bits per heavy atom. The van der Waals surface area contributed by atoms with Gasteiger partial charge >= 0.3 is 0 Å². The highest BCUT2D eigenvalue weighted by Crippen LogP contribution is 2.36. The van der Waals surface area contributed by atoms with E-state index in [4.69, 9.17) is 46.4 Å². The summed E-state index contributed by atoms with van der Waals surface area (Å²) >= 11 is 25.7. The Morgan fingerprint density at radius 1 is 0.905 bits per heavy atom. The zero-order chi connectivity index (χ0) is 15.0. The summed E-state index contributed by atoms with van der Waals surface area (Å²) in [5, 5.41) is 5.35. The van der Waals surface area contributed by atoms with Gasteiger partial charge in [0, 0.05) is 22.2 Å². The van der Waals surface area contributed by atoms with Crippen LogP contribution in [0.3, 0.4) is 0 Å². The summed E-state index contributed by atoms with van der Waals surface area (Å²) < 4.78 is 8.39. The summed E-state index contributed by atoms with van der Waals surface area (Å²) in [6.07, 6.45) is 0. The molecule has 1 aromatic heterocycles. The minimum absolute atomic E-state index is 0.423. The number of fused-ring (bicyclic) bond motifs is 1. The fourth-order valence-electron chi connectivity index (χ4n) is 1.92. The third kappa shape index (κ3) is 2.91. The maximum absolute atomic E-state index is 6.24. The smallest absolute Gasteiger partial charge is 0.130 e. The lowest BCUT2D eigenvalue weighted by atomic mass is 10.2. The molecule has 0 atom stereocenters. The second-order valence-electron chi connectivity index (χ2n) is 4.23. The molecule has 1 N–H and O–H groups in total. The first-order chi connectivity index (χ1) is 10.1. The van der Waals surface area contributed by atoms with Crippen LogP contribution >= 0.6 is 58.1 Å². The van der Waals surface area contributed by atoms with E-state index >= 15 is 0 Å². The van der Waals surface area contributed by atoms with Gasteiger partial charge in [-0.05, 0) is 18.2 Å². The van der Waals surface area contributed by atoms with Crippen molar-refractivity contribution < 1.29 is 0 Å². The number of hydrogen-bond donors (Lipinski definition) is 1. The minimum Gasteiger partial charge on any atom is -0.378 e. The standard InChI is InChI=1S/C13H7Cl4N3S/c14-7-2-1-3-8(15)6(7)5-18-11-9(16)4-10(17)12-13(11)20-21-19-12/h1-4,18H,5H2. The topological polar surface area (TPSA) is 37.8 Å². The number of nitrogens with zero attached hydrogens (tertiary/aromatic N) is 2. The van der Waals surface area contributed by atoms with Gasteiger partial charge in [0.1, 0.15) is 11.0 Å². The Hall–Kier alpha value is -0.780. The molecule has 0 spiro atoms. The van der Waals surface area contributed by atoms with Crippen molar-refractivity contribution in [2.24, 2.45) is 0 Å². The van der Waals surface area contributed by atoms with Gasteiger partial charge in [-0.2, -0.15) is 8.75 Å². The Bertz CT molecular complexity index is 798. The predicted octanol–water partition coefficient (Wildman–Crippen LogP) is 5.92. The summed E-state index contributed by atoms with van der Waals surface area (Å²) in [4.78, 5) is 0. The number of nitrogens with one attached hydrogen (secondary N) is 1. The van der Waals surface area contributed by atoms with E-state index in [0.717, 1.165) is 17.3 Å². The summed E-state index contributed by atoms with van der Waals surface area (Å²) in [5.74, 6) is 0. The summed E-state index contributed by atoms with van der Waals surface area (Å²) in [6.45, 7) is 0.423. The molecule has 0 fully saturated rings. The fraction of sp³-hybridized carbons (Fsp3) is 0.0769. The fourth-order valence-corrected chi connectivity index (χ4v) is 3.63. The largest absolute Gasteiger partial charge is 0.378 e. The van der Waals surface area contributed by atoms with Crippen molar-refractivity contribution in [3.05, 3.63) is 49.9 Å². The van der Waals surface area contributed by atoms with Gasteiger partial charge in [-0.15, -0.1) is 0 Å². The first-order valence-electron chi connectivity index (χ1n) is 5.85. The van der Waals surface area contributed by atoms with Gasteiger partial charge < -0.3 is 5.32 Å². The molecular formula is C13H7Cl4N3S. The Balaban J connectivity index is 1.98. The number of hydrogen-bond acceptors (Lipinski definition) is 4. The number of rotatable bonds is 3. The van der Waals surface area contributed by atoms with Crippen LogP contribution in [0.25, 0.3) is 11.0 Å². The molecule has 0 aliphatic rings. The van der Waals surface area contributed by atoms with Gasteiger partial charge in [0.25, 0.3) is 0 Å². The van der Waals surface area contributed by atoms with Crippen molar-refractivity contribution in [3.8, 4) is 0 Å². The third-order valence-electron chi connectivity index (χ3n) is 2.95. The quantitative estimate of drug-likeness (QED) is 0.614. The molecule has 0 saturated heterocycles. The van der Waals surface area contributed by atoms with Crippen LogP contribution in [-0.4, -0.2) is 8.75 Å². The highest BCUT2D eigenvalue weighted by Gasteiger charge is 2.14. The van der Waals surface area contributed by atoms with Crippen molar-refractivity contribution in [3.63, 3.8) is 0 Å². The van der Waals surface area contributed by atoms with E-state index in [2.05, 4.69) is 14.1 Å². The first-order valence-corrected chi connectivity index (χ1v) is 8.09. The molecule has 108 valence electrons. The molecule has 0 aliphatic heterocycles. The number of aromatic nitrogens is 2. The molecule has 1 heterocycles. The summed E-state index contributed by atoms with van der Waals surface area (Å²) in [7, 11) is 0. The summed E-state index contributed by atoms with van der Waals surface area (Å²) in [6, 6.07) is 7.01. The Labute approximate surface area is 145 Å². The lowest BCUT2D eigenvalue weighted by molar-refractivity contribution is 1.15. The molecule has 0 bridgehead atoms. The monoisotopic (exact) mass is 377 g/mol. The van der Waals surface area contributed by atoms with Gasteiger partial charge in [0.05, 0.1) is 27.5 Å². The van der Waals surface area contributed by atoms with E-state index in [0.29, 0.717) is 43.4 Å². The first kappa shape index (κ1) is 15.1. The molecule has 0 radical (unpaired) electrons. The molecular weight excluding hydrogens is 372 g/mol. The zero-order valence-corrected chi connectivity index (χ0v) is 14.2. The van der Waals surface area contributed by atoms with Gasteiger partial charge in [-0.25, -0.2) is 0 Å². The van der Waals surface area contributed by atoms with Crippen LogP contribution in [0, 0.1) is 0 Å². The van der Waals surface area contributed by atoms with Crippen LogP contribution in [0.15, 0.2) is 24.3 Å². The number of anilines is 1. The zero-order valence-electron chi connectivity index (χ0n) is 10.3. The lowest BCUT2D eigenvalue weighted by Gasteiger charge is -2.12. The van der Waals surface area contributed by atoms with E-state index in [1.807, 2.05) is 0 Å². The van der Waals surface area contributed by atoms with E-state index < -0.39 is 0 Å². The van der Waals surface area contributed by atoms with Crippen molar-refractivity contribution in [2.45, 2.75) is 6.54 Å². The van der Waals surface area contributed by atoms with Crippen LogP contribution in [0.1, 0.15) is 5.56 Å². The molecule has 21 heavy (non-hydrogen) atoms. The van der Waals surface area contributed by atoms with E-state index in [1.165, 1.54) is 0 Å². The van der Waals surface area contributed by atoms with Crippen molar-refractivity contribution in [1.29, 1.82) is 0 Å². The second-order valence-corrected chi connectivity index (χ2v) is 6.39. The molecule has 0 unspecified atom stereocenters. The summed E-state index contributed by atoms with van der Waals surface area (Å²) in [5.41, 5.74) is 2.73. The Morgan fingerprint density at radius 3 is 2.29 bits per heavy atom. The molecule has 0 aliphatic carbocycles. The molecule has 0 amide bonds. The second kappa shape index (κ2) is 6.15. The van der Waals surface area contributed by atoms with Crippen molar-refractivity contribution in [2.75, 3.05) is 5.32 Å². The van der Waals surface area contributed by atoms with Crippen LogP contribution in [-0.2, 0) is 6.54 Å². The highest BCUT2D eigenvalue weighted by molar-refractivity contribution is 7.00. The predicted molar refractivity (Wildman–Crippen MR) is 91.2 cm³/mol. The van der Waals surface area contributed by atoms with Crippen LogP contribution in [0.2, 0.25) is 20.1 Å². The van der Waals surface area contributed by atoms with E-state index in [1.54, 1.807) is 24.3 Å². The van der Waals surface area contributed by atoms with Crippen molar-refractivity contribution >= 4 is 74.9 Å². The average Bonchev–Trinajstić information content (AvgIpc) is 2.91. The molecule has 3 aromatic rings. The minimum atomic E-state index is 0.423. The maximum atomic E-state index is 6.24. The molecule has 3 rings (SSSR count). The van der Waals surface area contributed by atoms with Crippen molar-refractivity contribution in [1.82, 2.24) is 8.75 Å². The van der Waals surface area contributed by atoms with E-state index in [9.17, 15) is 0 Å². The molecule has 2 aromatic carbocycles. The maximum Gasteiger partial charge on any atom is 0.130 e. The van der Waals surface area contributed by atoms with Gasteiger partial charge in [-0.3, -0.25) is 0 Å². The molecule has 8 heteroatoms. The third-order valence-corrected chi connectivity index (χ3v) is 4.77. The van der Waals surface area contributed by atoms with E-state index in [-0.39, 0.29) is 0 Å².